The minimum atomic E-state index is -1.17. The molecule has 36 heavy (non-hydrogen) atoms. The molecular formula is C31H57NO4. The van der Waals surface area contributed by atoms with E-state index in [1.807, 2.05) is 0 Å². The summed E-state index contributed by atoms with van der Waals surface area (Å²) in [5, 5.41) is 33.0. The number of aliphatic hydroxyl groups is 3. The molecule has 0 aliphatic heterocycles. The van der Waals surface area contributed by atoms with Gasteiger partial charge in [-0.3, -0.25) is 4.79 Å². The van der Waals surface area contributed by atoms with Gasteiger partial charge in [0.2, 0.25) is 5.91 Å². The average molecular weight is 508 g/mol. The van der Waals surface area contributed by atoms with Crippen LogP contribution >= 0.6 is 0 Å². The normalized spacial score (nSPS) is 14.7. The highest BCUT2D eigenvalue weighted by molar-refractivity contribution is 5.76. The van der Waals surface area contributed by atoms with E-state index in [0.717, 1.165) is 57.8 Å². The minimum Gasteiger partial charge on any atom is -0.394 e. The first-order valence-corrected chi connectivity index (χ1v) is 14.8. The molecule has 0 heterocycles. The highest BCUT2D eigenvalue weighted by Crippen LogP contribution is 2.11. The Morgan fingerprint density at radius 2 is 1.14 bits per heavy atom. The summed E-state index contributed by atoms with van der Waals surface area (Å²) < 4.78 is 0. The lowest BCUT2D eigenvalue weighted by molar-refractivity contribution is -0.124. The van der Waals surface area contributed by atoms with E-state index in [-0.39, 0.29) is 12.5 Å². The zero-order valence-electron chi connectivity index (χ0n) is 23.4. The molecule has 0 spiro atoms. The van der Waals surface area contributed by atoms with Crippen molar-refractivity contribution in [1.82, 2.24) is 5.32 Å². The number of nitrogens with one attached hydrogen (secondary N) is 1. The molecule has 0 aromatic heterocycles. The van der Waals surface area contributed by atoms with Gasteiger partial charge in [-0.15, -0.1) is 0 Å². The average Bonchev–Trinajstić information content (AvgIpc) is 2.88. The summed E-state index contributed by atoms with van der Waals surface area (Å²) in [5.74, 6) is -0.175. The Bertz CT molecular complexity index is 573. The van der Waals surface area contributed by atoms with Crippen molar-refractivity contribution in [2.45, 2.75) is 148 Å². The first-order chi connectivity index (χ1) is 17.6. The second-order valence-electron chi connectivity index (χ2n) is 9.93. The van der Waals surface area contributed by atoms with E-state index in [9.17, 15) is 20.1 Å². The highest BCUT2D eigenvalue weighted by atomic mass is 16.3. The van der Waals surface area contributed by atoms with Crippen molar-refractivity contribution in [3.05, 3.63) is 36.5 Å². The smallest absolute Gasteiger partial charge is 0.220 e. The molecule has 0 aliphatic rings. The van der Waals surface area contributed by atoms with Crippen molar-refractivity contribution in [1.29, 1.82) is 0 Å². The summed E-state index contributed by atoms with van der Waals surface area (Å²) in [6, 6.07) is -0.831. The standard InChI is InChI=1S/C31H57NO4/c1-3-5-7-9-11-13-15-17-19-21-23-25-29(34)31(36)28(27-33)32-30(35)26-24-22-20-18-16-14-12-10-8-6-4-2/h9-12,17,19,28-29,31,33-34,36H,3-8,13-16,18,20-27H2,1-2H3,(H,32,35)/b11-9+,12-10-,19-17+. The first kappa shape index (κ1) is 34.6. The van der Waals surface area contributed by atoms with Crippen LogP contribution in [0.15, 0.2) is 36.5 Å². The Hall–Kier alpha value is -1.43. The number of allylic oxidation sites excluding steroid dienone is 6. The van der Waals surface area contributed by atoms with E-state index in [1.165, 1.54) is 44.9 Å². The van der Waals surface area contributed by atoms with Crippen molar-refractivity contribution in [2.75, 3.05) is 6.61 Å². The van der Waals surface area contributed by atoms with Crippen LogP contribution in [0.4, 0.5) is 0 Å². The van der Waals surface area contributed by atoms with E-state index < -0.39 is 18.2 Å². The van der Waals surface area contributed by atoms with Crippen LogP contribution in [-0.2, 0) is 4.79 Å². The molecule has 0 fully saturated rings. The summed E-state index contributed by atoms with van der Waals surface area (Å²) in [4.78, 5) is 12.2. The largest absolute Gasteiger partial charge is 0.394 e. The summed E-state index contributed by atoms with van der Waals surface area (Å²) in [5.41, 5.74) is 0. The van der Waals surface area contributed by atoms with Gasteiger partial charge in [0.25, 0.3) is 0 Å². The quantitative estimate of drug-likeness (QED) is 0.0798. The summed E-state index contributed by atoms with van der Waals surface area (Å²) in [7, 11) is 0. The summed E-state index contributed by atoms with van der Waals surface area (Å²) >= 11 is 0. The van der Waals surface area contributed by atoms with Gasteiger partial charge in [0, 0.05) is 6.42 Å². The van der Waals surface area contributed by atoms with Crippen molar-refractivity contribution in [2.24, 2.45) is 0 Å². The lowest BCUT2D eigenvalue weighted by atomic mass is 10.0. The molecule has 5 nitrogen and oxygen atoms in total. The van der Waals surface area contributed by atoms with Crippen LogP contribution in [0, 0.1) is 0 Å². The number of carbonyl (C=O) groups is 1. The molecule has 0 aliphatic carbocycles. The molecule has 0 bridgehead atoms. The molecule has 0 aromatic rings. The summed E-state index contributed by atoms with van der Waals surface area (Å²) in [6.45, 7) is 4.02. The van der Waals surface area contributed by atoms with E-state index in [0.29, 0.717) is 12.8 Å². The molecule has 3 unspecified atom stereocenters. The van der Waals surface area contributed by atoms with Crippen LogP contribution in [0.2, 0.25) is 0 Å². The van der Waals surface area contributed by atoms with Gasteiger partial charge in [-0.25, -0.2) is 0 Å². The summed E-state index contributed by atoms with van der Waals surface area (Å²) in [6.07, 6.45) is 29.4. The van der Waals surface area contributed by atoms with Gasteiger partial charge in [-0.05, 0) is 64.2 Å². The Morgan fingerprint density at radius 1 is 0.667 bits per heavy atom. The molecule has 0 saturated heterocycles. The molecule has 0 aromatic carbocycles. The van der Waals surface area contributed by atoms with Crippen molar-refractivity contribution >= 4 is 5.91 Å². The SMILES string of the molecule is CCCC/C=C\CCCCCCCC(=O)NC(CO)C(O)C(O)CCC/C=C/CC/C=C/CCCC. The zero-order chi connectivity index (χ0) is 26.7. The van der Waals surface area contributed by atoms with Crippen molar-refractivity contribution in [3.63, 3.8) is 0 Å². The molecule has 3 atom stereocenters. The maximum absolute atomic E-state index is 12.2. The van der Waals surface area contributed by atoms with E-state index >= 15 is 0 Å². The second-order valence-corrected chi connectivity index (χ2v) is 9.93. The van der Waals surface area contributed by atoms with Gasteiger partial charge >= 0.3 is 0 Å². The third-order valence-corrected chi connectivity index (χ3v) is 6.44. The lowest BCUT2D eigenvalue weighted by Gasteiger charge is -2.26. The Balaban J connectivity index is 3.89. The van der Waals surface area contributed by atoms with Crippen LogP contribution in [0.25, 0.3) is 0 Å². The number of aliphatic hydroxyl groups excluding tert-OH is 3. The number of unbranched alkanes of at least 4 members (excludes halogenated alkanes) is 11. The Kier molecular flexibility index (Phi) is 25.6. The fourth-order valence-corrected chi connectivity index (χ4v) is 4.02. The molecule has 0 radical (unpaired) electrons. The molecule has 1 amide bonds. The fourth-order valence-electron chi connectivity index (χ4n) is 4.02. The zero-order valence-corrected chi connectivity index (χ0v) is 23.4. The Labute approximate surface area is 222 Å². The number of hydrogen-bond donors (Lipinski definition) is 4. The number of carbonyl (C=O) groups excluding carboxylic acids is 1. The topological polar surface area (TPSA) is 89.8 Å². The van der Waals surface area contributed by atoms with Gasteiger partial charge < -0.3 is 20.6 Å². The van der Waals surface area contributed by atoms with Gasteiger partial charge in [0.15, 0.2) is 0 Å². The van der Waals surface area contributed by atoms with Crippen molar-refractivity contribution in [3.8, 4) is 0 Å². The predicted octanol–water partition coefficient (Wildman–Crippen LogP) is 6.92. The maximum atomic E-state index is 12.2. The maximum Gasteiger partial charge on any atom is 0.220 e. The third kappa shape index (κ3) is 21.8. The highest BCUT2D eigenvalue weighted by Gasteiger charge is 2.26. The first-order valence-electron chi connectivity index (χ1n) is 14.8. The monoisotopic (exact) mass is 507 g/mol. The molecule has 0 rings (SSSR count). The third-order valence-electron chi connectivity index (χ3n) is 6.44. The van der Waals surface area contributed by atoms with Crippen LogP contribution in [-0.4, -0.2) is 46.1 Å². The molecule has 210 valence electrons. The molecule has 0 saturated carbocycles. The number of rotatable bonds is 25. The lowest BCUT2D eigenvalue weighted by Crippen LogP contribution is -2.50. The second kappa shape index (κ2) is 26.6. The minimum absolute atomic E-state index is 0.175. The molecular weight excluding hydrogens is 450 g/mol. The van der Waals surface area contributed by atoms with Gasteiger partial charge in [-0.2, -0.15) is 0 Å². The van der Waals surface area contributed by atoms with Gasteiger partial charge in [0.1, 0.15) is 6.10 Å². The fraction of sp³-hybridized carbons (Fsp3) is 0.774. The van der Waals surface area contributed by atoms with Crippen LogP contribution in [0.5, 0.6) is 0 Å². The van der Waals surface area contributed by atoms with E-state index in [1.54, 1.807) is 0 Å². The van der Waals surface area contributed by atoms with Crippen LogP contribution < -0.4 is 5.32 Å². The molecule has 5 heteroatoms. The van der Waals surface area contributed by atoms with Crippen LogP contribution in [0.3, 0.4) is 0 Å². The van der Waals surface area contributed by atoms with Crippen LogP contribution in [0.1, 0.15) is 129 Å². The molecule has 4 N–H and O–H groups in total. The van der Waals surface area contributed by atoms with Gasteiger partial charge in [0.05, 0.1) is 18.8 Å². The Morgan fingerprint density at radius 3 is 1.69 bits per heavy atom. The number of hydrogen-bond acceptors (Lipinski definition) is 4. The van der Waals surface area contributed by atoms with E-state index in [2.05, 4.69) is 55.6 Å². The predicted molar refractivity (Wildman–Crippen MR) is 153 cm³/mol. The van der Waals surface area contributed by atoms with Gasteiger partial charge in [-0.1, -0.05) is 95.2 Å². The van der Waals surface area contributed by atoms with E-state index in [4.69, 9.17) is 0 Å². The number of amides is 1. The van der Waals surface area contributed by atoms with Crippen molar-refractivity contribution < 1.29 is 20.1 Å².